The molecule has 0 aromatic heterocycles. The lowest BCUT2D eigenvalue weighted by molar-refractivity contribution is -0.155. The fourth-order valence-corrected chi connectivity index (χ4v) is 4.62. The number of benzene rings is 1. The summed E-state index contributed by atoms with van der Waals surface area (Å²) in [5, 5.41) is 12.9. The molecule has 49 heavy (non-hydrogen) atoms. The van der Waals surface area contributed by atoms with E-state index in [1.807, 2.05) is 13.8 Å². The summed E-state index contributed by atoms with van der Waals surface area (Å²) in [7, 11) is 0. The molecule has 0 saturated carbocycles. The van der Waals surface area contributed by atoms with Gasteiger partial charge in [-0.25, -0.2) is 0 Å². The lowest BCUT2D eigenvalue weighted by Gasteiger charge is -2.24. The van der Waals surface area contributed by atoms with Gasteiger partial charge in [0, 0.05) is 38.1 Å². The second-order valence-electron chi connectivity index (χ2n) is 12.9. The second-order valence-corrected chi connectivity index (χ2v) is 12.9. The lowest BCUT2D eigenvalue weighted by atomic mass is 10.0. The van der Waals surface area contributed by atoms with E-state index < -0.39 is 71.5 Å². The number of carbonyl (C=O) groups excluding carboxylic acids is 8. The Morgan fingerprint density at radius 3 is 2.00 bits per heavy atom. The van der Waals surface area contributed by atoms with E-state index in [1.54, 1.807) is 51.1 Å². The Balaban J connectivity index is 1.93. The standard InChI is InChI=1S/C34H48N6O9/c1-22(2)18-24(32(47)37-20-27(42)35-16-9-17-40-29(44)13-14-30(40)45)39-33(48)25(19-23-10-7-6-8-11-23)38-28(43)21-36-26(41)12-15-31(46)49-34(3,4)5/h6-8,10-11,13-14,22,24-25H,9,12,15-21H2,1-5H3,(H,35,42)(H,36,41)(H,37,47)(H,38,43)(H,39,48)/t24-,25-/m0/s1. The maximum absolute atomic E-state index is 13.5. The van der Waals surface area contributed by atoms with Crippen molar-refractivity contribution in [3.63, 3.8) is 0 Å². The predicted molar refractivity (Wildman–Crippen MR) is 178 cm³/mol. The van der Waals surface area contributed by atoms with Gasteiger partial charge in [-0.1, -0.05) is 44.2 Å². The number of hydrogen-bond acceptors (Lipinski definition) is 9. The number of carbonyl (C=O) groups is 8. The topological polar surface area (TPSA) is 209 Å². The van der Waals surface area contributed by atoms with Gasteiger partial charge in [0.2, 0.25) is 29.5 Å². The Kier molecular flexibility index (Phi) is 16.1. The zero-order valence-electron chi connectivity index (χ0n) is 28.8. The van der Waals surface area contributed by atoms with Crippen LogP contribution in [-0.2, 0) is 49.5 Å². The van der Waals surface area contributed by atoms with Gasteiger partial charge in [-0.2, -0.15) is 0 Å². The van der Waals surface area contributed by atoms with Crippen LogP contribution in [0.4, 0.5) is 0 Å². The van der Waals surface area contributed by atoms with E-state index in [-0.39, 0.29) is 51.2 Å². The number of imide groups is 1. The van der Waals surface area contributed by atoms with Crippen LogP contribution in [-0.4, -0.2) is 96.1 Å². The molecule has 15 heteroatoms. The monoisotopic (exact) mass is 684 g/mol. The third-order valence-electron chi connectivity index (χ3n) is 6.90. The van der Waals surface area contributed by atoms with E-state index in [0.29, 0.717) is 6.42 Å². The molecule has 0 aliphatic carbocycles. The number of hydrogen-bond donors (Lipinski definition) is 5. The smallest absolute Gasteiger partial charge is 0.306 e. The number of esters is 1. The Bertz CT molecular complexity index is 1370. The van der Waals surface area contributed by atoms with Crippen LogP contribution < -0.4 is 26.6 Å². The molecule has 1 aromatic rings. The van der Waals surface area contributed by atoms with Crippen LogP contribution in [0.5, 0.6) is 0 Å². The largest absolute Gasteiger partial charge is 0.460 e. The number of nitrogens with one attached hydrogen (secondary N) is 5. The molecule has 0 unspecified atom stereocenters. The van der Waals surface area contributed by atoms with Gasteiger partial charge in [0.15, 0.2) is 0 Å². The summed E-state index contributed by atoms with van der Waals surface area (Å²) >= 11 is 0. The molecule has 0 bridgehead atoms. The molecule has 0 spiro atoms. The Labute approximate surface area is 286 Å². The maximum Gasteiger partial charge on any atom is 0.306 e. The van der Waals surface area contributed by atoms with Crippen LogP contribution in [0.25, 0.3) is 0 Å². The number of rotatable bonds is 19. The van der Waals surface area contributed by atoms with E-state index in [0.717, 1.165) is 10.5 Å². The molecule has 0 radical (unpaired) electrons. The van der Waals surface area contributed by atoms with E-state index >= 15 is 0 Å². The zero-order valence-corrected chi connectivity index (χ0v) is 28.8. The third kappa shape index (κ3) is 16.0. The number of nitrogens with zero attached hydrogens (tertiary/aromatic N) is 1. The van der Waals surface area contributed by atoms with Crippen molar-refractivity contribution in [1.29, 1.82) is 0 Å². The van der Waals surface area contributed by atoms with Crippen LogP contribution in [0.2, 0.25) is 0 Å². The molecule has 0 fully saturated rings. The van der Waals surface area contributed by atoms with Crippen molar-refractivity contribution in [1.82, 2.24) is 31.5 Å². The summed E-state index contributed by atoms with van der Waals surface area (Å²) in [6, 6.07) is 6.78. The first-order valence-corrected chi connectivity index (χ1v) is 16.2. The van der Waals surface area contributed by atoms with Gasteiger partial charge in [-0.15, -0.1) is 0 Å². The van der Waals surface area contributed by atoms with Crippen molar-refractivity contribution in [2.45, 2.75) is 84.4 Å². The quantitative estimate of drug-likeness (QED) is 0.0755. The highest BCUT2D eigenvalue weighted by Gasteiger charge is 2.28. The fourth-order valence-electron chi connectivity index (χ4n) is 4.62. The molecule has 268 valence electrons. The minimum absolute atomic E-state index is 0.0200. The van der Waals surface area contributed by atoms with Gasteiger partial charge < -0.3 is 31.3 Å². The van der Waals surface area contributed by atoms with E-state index in [9.17, 15) is 38.4 Å². The molecule has 0 saturated heterocycles. The molecular weight excluding hydrogens is 636 g/mol. The van der Waals surface area contributed by atoms with Gasteiger partial charge in [0.1, 0.15) is 17.7 Å². The van der Waals surface area contributed by atoms with Crippen molar-refractivity contribution in [2.75, 3.05) is 26.2 Å². The first-order valence-electron chi connectivity index (χ1n) is 16.2. The Morgan fingerprint density at radius 2 is 1.39 bits per heavy atom. The Morgan fingerprint density at radius 1 is 0.755 bits per heavy atom. The van der Waals surface area contributed by atoms with Crippen LogP contribution in [0.3, 0.4) is 0 Å². The van der Waals surface area contributed by atoms with E-state index in [4.69, 9.17) is 4.74 Å². The maximum atomic E-state index is 13.5. The first kappa shape index (κ1) is 40.1. The highest BCUT2D eigenvalue weighted by molar-refractivity contribution is 6.12. The summed E-state index contributed by atoms with van der Waals surface area (Å²) < 4.78 is 5.18. The van der Waals surface area contributed by atoms with Crippen molar-refractivity contribution < 1.29 is 43.1 Å². The van der Waals surface area contributed by atoms with Crippen LogP contribution in [0.15, 0.2) is 42.5 Å². The molecule has 5 N–H and O–H groups in total. The summed E-state index contributed by atoms with van der Waals surface area (Å²) in [5.74, 6) is -4.32. The minimum atomic E-state index is -1.11. The van der Waals surface area contributed by atoms with Crippen molar-refractivity contribution in [2.24, 2.45) is 5.92 Å². The van der Waals surface area contributed by atoms with Crippen molar-refractivity contribution in [3.05, 3.63) is 48.0 Å². The molecule has 1 heterocycles. The van der Waals surface area contributed by atoms with Crippen molar-refractivity contribution in [3.8, 4) is 0 Å². The molecular formula is C34H48N6O9. The van der Waals surface area contributed by atoms with E-state index in [2.05, 4.69) is 26.6 Å². The molecule has 2 rings (SSSR count). The summed E-state index contributed by atoms with van der Waals surface area (Å²) in [6.07, 6.45) is 2.68. The van der Waals surface area contributed by atoms with Crippen LogP contribution in [0, 0.1) is 5.92 Å². The summed E-state index contributed by atoms with van der Waals surface area (Å²) in [4.78, 5) is 100. The van der Waals surface area contributed by atoms with Crippen LogP contribution in [0.1, 0.15) is 65.9 Å². The molecule has 15 nitrogen and oxygen atoms in total. The fraction of sp³-hybridized carbons (Fsp3) is 0.529. The zero-order chi connectivity index (χ0) is 36.6. The molecule has 1 aromatic carbocycles. The molecule has 1 aliphatic rings. The highest BCUT2D eigenvalue weighted by Crippen LogP contribution is 2.10. The normalized spacial score (nSPS) is 13.8. The molecule has 2 atom stereocenters. The minimum Gasteiger partial charge on any atom is -0.460 e. The lowest BCUT2D eigenvalue weighted by Crippen LogP contribution is -2.56. The van der Waals surface area contributed by atoms with Gasteiger partial charge in [-0.05, 0) is 45.1 Å². The first-order chi connectivity index (χ1) is 23.0. The van der Waals surface area contributed by atoms with E-state index in [1.165, 1.54) is 12.2 Å². The highest BCUT2D eigenvalue weighted by atomic mass is 16.6. The van der Waals surface area contributed by atoms with Gasteiger partial charge in [0.25, 0.3) is 11.8 Å². The second kappa shape index (κ2) is 19.7. The molecule has 1 aliphatic heterocycles. The van der Waals surface area contributed by atoms with Gasteiger partial charge >= 0.3 is 5.97 Å². The average molecular weight is 685 g/mol. The summed E-state index contributed by atoms with van der Waals surface area (Å²) in [6.45, 7) is 8.35. The Hall–Kier alpha value is -5.08. The SMILES string of the molecule is CC(C)C[C@H](NC(=O)[C@H](Cc1ccccc1)NC(=O)CNC(=O)CCC(=O)OC(C)(C)C)C(=O)NCC(=O)NCCCN1C(=O)C=CC1=O. The number of amides is 7. The summed E-state index contributed by atoms with van der Waals surface area (Å²) in [5.41, 5.74) is 0.0473. The number of ether oxygens (including phenoxy) is 1. The van der Waals surface area contributed by atoms with Crippen LogP contribution >= 0.6 is 0 Å². The van der Waals surface area contributed by atoms with Crippen molar-refractivity contribution >= 4 is 47.3 Å². The third-order valence-corrected chi connectivity index (χ3v) is 6.90. The average Bonchev–Trinajstić information content (AvgIpc) is 3.34. The van der Waals surface area contributed by atoms with Gasteiger partial charge in [0.05, 0.1) is 19.5 Å². The van der Waals surface area contributed by atoms with Gasteiger partial charge in [-0.3, -0.25) is 43.3 Å². The molecule has 7 amide bonds. The predicted octanol–water partition coefficient (Wildman–Crippen LogP) is 0.0304.